The molecular formula is C30H27Cl2NO6. The minimum atomic E-state index is -0.955. The normalized spacial score (nSPS) is 16.6. The monoisotopic (exact) mass is 567 g/mol. The molecule has 39 heavy (non-hydrogen) atoms. The predicted molar refractivity (Wildman–Crippen MR) is 151 cm³/mol. The van der Waals surface area contributed by atoms with E-state index in [9.17, 15) is 19.5 Å². The highest BCUT2D eigenvalue weighted by atomic mass is 35.5. The Morgan fingerprint density at radius 2 is 1.64 bits per heavy atom. The van der Waals surface area contributed by atoms with Crippen molar-refractivity contribution in [1.82, 2.24) is 0 Å². The van der Waals surface area contributed by atoms with Crippen LogP contribution in [0, 0.1) is 12.8 Å². The summed E-state index contributed by atoms with van der Waals surface area (Å²) in [5.41, 5.74) is 2.23. The number of aryl methyl sites for hydroxylation is 1. The molecular weight excluding hydrogens is 541 g/mol. The number of ether oxygens (including phenoxy) is 2. The summed E-state index contributed by atoms with van der Waals surface area (Å²) in [4.78, 5) is 40.5. The largest absolute Gasteiger partial charge is 0.507 e. The second kappa shape index (κ2) is 11.5. The lowest BCUT2D eigenvalue weighted by Crippen LogP contribution is -2.29. The molecule has 1 saturated heterocycles. The molecule has 0 saturated carbocycles. The quantitative estimate of drug-likeness (QED) is 0.147. The number of aliphatic hydroxyl groups is 1. The Hall–Kier alpha value is -3.81. The maximum absolute atomic E-state index is 13.4. The van der Waals surface area contributed by atoms with E-state index in [-0.39, 0.29) is 39.5 Å². The summed E-state index contributed by atoms with van der Waals surface area (Å²) < 4.78 is 10.5. The molecule has 1 aliphatic rings. The maximum atomic E-state index is 13.4. The first-order valence-corrected chi connectivity index (χ1v) is 13.0. The topological polar surface area (TPSA) is 93.1 Å². The van der Waals surface area contributed by atoms with Gasteiger partial charge in [-0.15, -0.1) is 0 Å². The van der Waals surface area contributed by atoms with Crippen LogP contribution in [0.5, 0.6) is 5.75 Å². The van der Waals surface area contributed by atoms with Crippen molar-refractivity contribution in [2.45, 2.75) is 26.8 Å². The van der Waals surface area contributed by atoms with Crippen LogP contribution in [0.25, 0.3) is 5.76 Å². The van der Waals surface area contributed by atoms with Gasteiger partial charge >= 0.3 is 5.97 Å². The summed E-state index contributed by atoms with van der Waals surface area (Å²) in [5, 5.41) is 11.6. The van der Waals surface area contributed by atoms with Crippen molar-refractivity contribution < 1.29 is 29.0 Å². The number of anilines is 1. The van der Waals surface area contributed by atoms with Gasteiger partial charge in [-0.1, -0.05) is 66.9 Å². The van der Waals surface area contributed by atoms with Crippen molar-refractivity contribution in [3.63, 3.8) is 0 Å². The first kappa shape index (κ1) is 28.2. The van der Waals surface area contributed by atoms with E-state index in [2.05, 4.69) is 0 Å². The molecule has 202 valence electrons. The molecule has 1 N–H and O–H groups in total. The van der Waals surface area contributed by atoms with Crippen molar-refractivity contribution in [2.24, 2.45) is 5.92 Å². The fourth-order valence-corrected chi connectivity index (χ4v) is 5.03. The van der Waals surface area contributed by atoms with E-state index >= 15 is 0 Å². The summed E-state index contributed by atoms with van der Waals surface area (Å²) >= 11 is 12.6. The summed E-state index contributed by atoms with van der Waals surface area (Å²) in [6.45, 7) is 6.04. The summed E-state index contributed by atoms with van der Waals surface area (Å²) in [6.07, 6.45) is 0. The lowest BCUT2D eigenvalue weighted by atomic mass is 9.94. The third-order valence-electron chi connectivity index (χ3n) is 6.21. The smallest absolute Gasteiger partial charge is 0.338 e. The van der Waals surface area contributed by atoms with E-state index < -0.39 is 29.5 Å². The molecule has 0 aliphatic carbocycles. The van der Waals surface area contributed by atoms with Crippen molar-refractivity contribution in [1.29, 1.82) is 0 Å². The second-order valence-electron chi connectivity index (χ2n) is 9.60. The highest BCUT2D eigenvalue weighted by molar-refractivity contribution is 6.51. The Morgan fingerprint density at radius 3 is 2.21 bits per heavy atom. The molecule has 4 rings (SSSR count). The molecule has 1 unspecified atom stereocenters. The van der Waals surface area contributed by atoms with Gasteiger partial charge in [0.25, 0.3) is 11.7 Å². The first-order valence-electron chi connectivity index (χ1n) is 12.2. The number of amides is 1. The molecule has 0 aromatic heterocycles. The third kappa shape index (κ3) is 5.65. The van der Waals surface area contributed by atoms with Crippen molar-refractivity contribution >= 4 is 52.3 Å². The van der Waals surface area contributed by atoms with Gasteiger partial charge in [-0.2, -0.15) is 0 Å². The summed E-state index contributed by atoms with van der Waals surface area (Å²) in [5.74, 6) is -2.21. The maximum Gasteiger partial charge on any atom is 0.338 e. The zero-order valence-corrected chi connectivity index (χ0v) is 23.3. The highest BCUT2D eigenvalue weighted by Gasteiger charge is 2.47. The fourth-order valence-electron chi connectivity index (χ4n) is 4.39. The number of rotatable bonds is 7. The van der Waals surface area contributed by atoms with Crippen LogP contribution < -0.4 is 9.64 Å². The molecule has 0 bridgehead atoms. The molecule has 0 radical (unpaired) electrons. The first-order chi connectivity index (χ1) is 18.5. The Bertz CT molecular complexity index is 1460. The van der Waals surface area contributed by atoms with Crippen LogP contribution in [0.2, 0.25) is 10.0 Å². The highest BCUT2D eigenvalue weighted by Crippen LogP contribution is 2.44. The van der Waals surface area contributed by atoms with Gasteiger partial charge in [0.05, 0.1) is 40.9 Å². The number of Topliss-reactive ketones (excluding diaryl/α,β-unsaturated/α-hetero) is 1. The lowest BCUT2D eigenvalue weighted by Gasteiger charge is -2.26. The molecule has 1 aliphatic heterocycles. The van der Waals surface area contributed by atoms with Gasteiger partial charge in [-0.05, 0) is 54.8 Å². The molecule has 1 amide bonds. The van der Waals surface area contributed by atoms with Gasteiger partial charge in [0, 0.05) is 11.3 Å². The van der Waals surface area contributed by atoms with Gasteiger partial charge in [0.15, 0.2) is 5.75 Å². The van der Waals surface area contributed by atoms with Crippen molar-refractivity contribution in [3.8, 4) is 5.75 Å². The van der Waals surface area contributed by atoms with E-state index in [1.54, 1.807) is 24.3 Å². The van der Waals surface area contributed by atoms with Crippen LogP contribution in [0.15, 0.2) is 66.2 Å². The van der Waals surface area contributed by atoms with Gasteiger partial charge in [-0.3, -0.25) is 14.5 Å². The van der Waals surface area contributed by atoms with E-state index in [0.29, 0.717) is 16.8 Å². The minimum absolute atomic E-state index is 0.122. The molecule has 0 spiro atoms. The predicted octanol–water partition coefficient (Wildman–Crippen LogP) is 6.75. The summed E-state index contributed by atoms with van der Waals surface area (Å²) in [7, 11) is 1.41. The molecule has 3 aromatic rings. The zero-order chi connectivity index (χ0) is 28.4. The SMILES string of the molecule is COc1c(Cl)cc(/C(O)=C2\C(=O)C(=O)N(c3ccc(C(=O)OCC(C)C)cc3)C2c2cccc(C)c2)cc1Cl. The standard InChI is InChI=1S/C30H27Cl2NO6/c1-16(2)15-39-30(37)18-8-10-21(11-9-18)33-25(19-7-5-6-17(3)12-19)24(27(35)29(33)36)26(34)20-13-22(31)28(38-4)23(32)14-20/h5-14,16,25,34H,15H2,1-4H3/b26-24+. The number of carbonyl (C=O) groups is 3. The van der Waals surface area contributed by atoms with E-state index in [1.165, 1.54) is 36.3 Å². The molecule has 7 nitrogen and oxygen atoms in total. The van der Waals surface area contributed by atoms with Crippen LogP contribution >= 0.6 is 23.2 Å². The van der Waals surface area contributed by atoms with Crippen LogP contribution in [0.4, 0.5) is 5.69 Å². The number of hydrogen-bond acceptors (Lipinski definition) is 6. The lowest BCUT2D eigenvalue weighted by molar-refractivity contribution is -0.132. The Kier molecular flexibility index (Phi) is 8.33. The second-order valence-corrected chi connectivity index (χ2v) is 10.4. The van der Waals surface area contributed by atoms with Crippen LogP contribution in [0.1, 0.15) is 46.9 Å². The molecule has 1 atom stereocenters. The Balaban J connectivity index is 1.83. The number of benzene rings is 3. The Labute approximate surface area is 236 Å². The van der Waals surface area contributed by atoms with E-state index in [4.69, 9.17) is 32.7 Å². The molecule has 1 fully saturated rings. The summed E-state index contributed by atoms with van der Waals surface area (Å²) in [6, 6.07) is 15.4. The Morgan fingerprint density at radius 1 is 1.00 bits per heavy atom. The number of aliphatic hydroxyl groups excluding tert-OH is 1. The molecule has 1 heterocycles. The number of methoxy groups -OCH3 is 1. The van der Waals surface area contributed by atoms with Crippen LogP contribution in [0.3, 0.4) is 0 Å². The minimum Gasteiger partial charge on any atom is -0.507 e. The van der Waals surface area contributed by atoms with E-state index in [1.807, 2.05) is 32.9 Å². The van der Waals surface area contributed by atoms with Crippen molar-refractivity contribution in [3.05, 3.63) is 98.5 Å². The average molecular weight is 568 g/mol. The number of ketones is 1. The van der Waals surface area contributed by atoms with Crippen LogP contribution in [-0.2, 0) is 14.3 Å². The van der Waals surface area contributed by atoms with Gasteiger partial charge in [-0.25, -0.2) is 4.79 Å². The van der Waals surface area contributed by atoms with Crippen LogP contribution in [-0.4, -0.2) is 36.5 Å². The molecule has 3 aromatic carbocycles. The fraction of sp³-hybridized carbons (Fsp3) is 0.233. The zero-order valence-electron chi connectivity index (χ0n) is 21.8. The molecule has 9 heteroatoms. The number of carbonyl (C=O) groups excluding carboxylic acids is 3. The van der Waals surface area contributed by atoms with E-state index in [0.717, 1.165) is 5.56 Å². The number of esters is 1. The number of halogens is 2. The number of nitrogens with zero attached hydrogens (tertiary/aromatic N) is 1. The van der Waals surface area contributed by atoms with Gasteiger partial charge in [0.2, 0.25) is 0 Å². The third-order valence-corrected chi connectivity index (χ3v) is 6.77. The van der Waals surface area contributed by atoms with Gasteiger partial charge in [0.1, 0.15) is 5.76 Å². The van der Waals surface area contributed by atoms with Gasteiger partial charge < -0.3 is 14.6 Å². The number of hydrogen-bond donors (Lipinski definition) is 1. The average Bonchev–Trinajstić information content (AvgIpc) is 3.16. The van der Waals surface area contributed by atoms with Crippen molar-refractivity contribution in [2.75, 3.05) is 18.6 Å².